The van der Waals surface area contributed by atoms with Crippen molar-refractivity contribution in [1.29, 1.82) is 0 Å². The number of aliphatic hydroxyl groups excluding tert-OH is 1. The Balaban J connectivity index is 0.000000199. The molecular formula is C58H66O9. The summed E-state index contributed by atoms with van der Waals surface area (Å²) in [5, 5.41) is 23.2. The molecule has 1 unspecified atom stereocenters. The summed E-state index contributed by atoms with van der Waals surface area (Å²) in [6, 6.07) is 58.2. The number of aliphatic hydroxyl groups is 2. The number of carbonyl (C=O) groups excluding carboxylic acids is 1. The van der Waals surface area contributed by atoms with Gasteiger partial charge in [0.05, 0.1) is 50.8 Å². The number of hydrogen-bond donors (Lipinski definition) is 2. The van der Waals surface area contributed by atoms with E-state index in [4.69, 9.17) is 28.4 Å². The number of ketones is 1. The Morgan fingerprint density at radius 3 is 1.34 bits per heavy atom. The molecule has 6 aromatic carbocycles. The topological polar surface area (TPSA) is 113 Å². The summed E-state index contributed by atoms with van der Waals surface area (Å²) in [4.78, 5) is 13.6. The van der Waals surface area contributed by atoms with Gasteiger partial charge in [-0.25, -0.2) is 0 Å². The fourth-order valence-corrected chi connectivity index (χ4v) is 9.16. The first kappa shape index (κ1) is 49.6. The minimum absolute atomic E-state index is 0.0225. The van der Waals surface area contributed by atoms with Gasteiger partial charge in [0.1, 0.15) is 24.4 Å². The summed E-state index contributed by atoms with van der Waals surface area (Å²) in [6.07, 6.45) is -2.45. The third kappa shape index (κ3) is 12.8. The van der Waals surface area contributed by atoms with Crippen molar-refractivity contribution in [3.8, 4) is 0 Å². The van der Waals surface area contributed by atoms with Crippen molar-refractivity contribution in [3.05, 3.63) is 215 Å². The van der Waals surface area contributed by atoms with Gasteiger partial charge in [0.2, 0.25) is 5.78 Å². The molecule has 2 aliphatic rings. The van der Waals surface area contributed by atoms with Crippen molar-refractivity contribution in [2.24, 2.45) is 11.8 Å². The van der Waals surface area contributed by atoms with Gasteiger partial charge in [-0.2, -0.15) is 0 Å². The SMILES string of the molecule is CC[C@H]1O[C@@H](C(O)c2ccccc2)[C@H](OCc2ccccc2)[C@@H](OCc2ccccc2)[C@@H]1C.CC[C@H]1O[C@@](O)(C(=O)c2ccccc2)[C@H](OCc2ccccc2)[C@@H](OCc2ccccc2)[C@@H]1C. The minimum Gasteiger partial charge on any atom is -0.386 e. The quantitative estimate of drug-likeness (QED) is 0.0814. The first-order valence-electron chi connectivity index (χ1n) is 23.7. The maximum Gasteiger partial charge on any atom is 0.261 e. The Kier molecular flexibility index (Phi) is 18.2. The van der Waals surface area contributed by atoms with Crippen LogP contribution in [0.15, 0.2) is 182 Å². The number of benzene rings is 6. The van der Waals surface area contributed by atoms with Crippen molar-refractivity contribution in [2.45, 2.75) is 122 Å². The number of rotatable bonds is 18. The molecule has 0 radical (unpaired) electrons. The summed E-state index contributed by atoms with van der Waals surface area (Å²) in [7, 11) is 0. The highest BCUT2D eigenvalue weighted by atomic mass is 16.7. The van der Waals surface area contributed by atoms with Gasteiger partial charge in [0.25, 0.3) is 5.79 Å². The van der Waals surface area contributed by atoms with E-state index in [0.717, 1.165) is 34.2 Å². The monoisotopic (exact) mass is 906 g/mol. The second-order valence-corrected chi connectivity index (χ2v) is 17.6. The average Bonchev–Trinajstić information content (AvgIpc) is 3.39. The fraction of sp³-hybridized carbons (Fsp3) is 0.362. The van der Waals surface area contributed by atoms with Gasteiger partial charge in [-0.15, -0.1) is 0 Å². The van der Waals surface area contributed by atoms with Crippen LogP contribution < -0.4 is 0 Å². The summed E-state index contributed by atoms with van der Waals surface area (Å²) >= 11 is 0. The van der Waals surface area contributed by atoms with Gasteiger partial charge >= 0.3 is 0 Å². The smallest absolute Gasteiger partial charge is 0.261 e. The van der Waals surface area contributed by atoms with E-state index < -0.39 is 42.1 Å². The van der Waals surface area contributed by atoms with Crippen LogP contribution in [0.3, 0.4) is 0 Å². The van der Waals surface area contributed by atoms with Crippen LogP contribution in [0, 0.1) is 11.8 Å². The van der Waals surface area contributed by atoms with Crippen LogP contribution in [0.25, 0.3) is 0 Å². The van der Waals surface area contributed by atoms with Crippen LogP contribution in [0.2, 0.25) is 0 Å². The number of ether oxygens (including phenoxy) is 6. The molecule has 0 saturated carbocycles. The van der Waals surface area contributed by atoms with Gasteiger partial charge in [0, 0.05) is 17.4 Å². The average molecular weight is 907 g/mol. The van der Waals surface area contributed by atoms with Gasteiger partial charge in [-0.3, -0.25) is 4.79 Å². The Hall–Kier alpha value is -5.33. The molecule has 0 amide bonds. The number of hydrogen-bond acceptors (Lipinski definition) is 9. The van der Waals surface area contributed by atoms with Crippen LogP contribution in [0.1, 0.15) is 84.8 Å². The van der Waals surface area contributed by atoms with E-state index in [1.807, 2.05) is 159 Å². The Morgan fingerprint density at radius 2 is 0.896 bits per heavy atom. The molecule has 67 heavy (non-hydrogen) atoms. The Labute approximate surface area is 396 Å². The molecule has 0 aromatic heterocycles. The second kappa shape index (κ2) is 24.6. The Bertz CT molecular complexity index is 2320. The van der Waals surface area contributed by atoms with Gasteiger partial charge < -0.3 is 38.6 Å². The predicted molar refractivity (Wildman–Crippen MR) is 260 cm³/mol. The first-order valence-corrected chi connectivity index (χ1v) is 23.7. The lowest BCUT2D eigenvalue weighted by Crippen LogP contribution is -2.66. The van der Waals surface area contributed by atoms with Gasteiger partial charge in [0.15, 0.2) is 0 Å². The lowest BCUT2D eigenvalue weighted by Gasteiger charge is -2.49. The highest BCUT2D eigenvalue weighted by Crippen LogP contribution is 2.40. The lowest BCUT2D eigenvalue weighted by atomic mass is 9.82. The fourth-order valence-electron chi connectivity index (χ4n) is 9.16. The van der Waals surface area contributed by atoms with E-state index in [1.165, 1.54) is 0 Å². The summed E-state index contributed by atoms with van der Waals surface area (Å²) in [5.41, 5.74) is 5.33. The molecule has 2 N–H and O–H groups in total. The normalized spacial score (nSPS) is 26.4. The molecule has 9 heteroatoms. The molecule has 8 rings (SSSR count). The zero-order valence-corrected chi connectivity index (χ0v) is 39.1. The van der Waals surface area contributed by atoms with Crippen LogP contribution in [-0.2, 0) is 54.8 Å². The van der Waals surface area contributed by atoms with Crippen molar-refractivity contribution in [2.75, 3.05) is 0 Å². The molecule has 11 atom stereocenters. The van der Waals surface area contributed by atoms with Crippen LogP contribution in [-0.4, -0.2) is 64.5 Å². The third-order valence-corrected chi connectivity index (χ3v) is 13.0. The molecule has 2 heterocycles. The zero-order chi connectivity index (χ0) is 47.0. The maximum atomic E-state index is 13.6. The molecule has 0 spiro atoms. The highest BCUT2D eigenvalue weighted by Gasteiger charge is 2.58. The molecule has 0 aliphatic carbocycles. The molecule has 6 aromatic rings. The first-order chi connectivity index (χ1) is 32.7. The van der Waals surface area contributed by atoms with Gasteiger partial charge in [-0.1, -0.05) is 210 Å². The van der Waals surface area contributed by atoms with Crippen LogP contribution in [0.5, 0.6) is 0 Å². The molecular weight excluding hydrogens is 841 g/mol. The third-order valence-electron chi connectivity index (χ3n) is 13.0. The van der Waals surface area contributed by atoms with Crippen molar-refractivity contribution in [3.63, 3.8) is 0 Å². The standard InChI is InChI=1S/C29H32O5.C29H34O4/c1-3-25-21(2)26(32-19-22-13-7-4-8-14-22)28(33-20-23-15-9-5-10-16-23)29(31,34-25)27(30)24-17-11-6-12-18-24;1-3-25-21(2)27(31-19-22-13-7-4-8-14-22)29(32-20-23-15-9-5-10-16-23)28(33-25)26(30)24-17-11-6-12-18-24/h4-18,21,25-26,28,31H,3,19-20H2,1-2H3;4-18,21,25-30H,3,19-20H2,1-2H3/t21-,25-,26+,28-,29+;21-,25-,26?,27+,28+,29-/m11/s1. The highest BCUT2D eigenvalue weighted by molar-refractivity contribution is 6.02. The van der Waals surface area contributed by atoms with E-state index in [0.29, 0.717) is 31.8 Å². The van der Waals surface area contributed by atoms with E-state index >= 15 is 0 Å². The minimum atomic E-state index is -2.18. The number of Topliss-reactive ketones (excluding diaryl/α,β-unsaturated/α-hetero) is 1. The summed E-state index contributed by atoms with van der Waals surface area (Å²) in [5.74, 6) is -2.67. The van der Waals surface area contributed by atoms with Gasteiger partial charge in [-0.05, 0) is 40.7 Å². The molecule has 2 aliphatic heterocycles. The number of carbonyl (C=O) groups is 1. The van der Waals surface area contributed by atoms with Crippen molar-refractivity contribution >= 4 is 5.78 Å². The maximum absolute atomic E-state index is 13.6. The predicted octanol–water partition coefficient (Wildman–Crippen LogP) is 10.9. The zero-order valence-electron chi connectivity index (χ0n) is 39.1. The largest absolute Gasteiger partial charge is 0.386 e. The lowest BCUT2D eigenvalue weighted by molar-refractivity contribution is -0.326. The van der Waals surface area contributed by atoms with Crippen LogP contribution in [0.4, 0.5) is 0 Å². The van der Waals surface area contributed by atoms with Crippen molar-refractivity contribution in [1.82, 2.24) is 0 Å². The second-order valence-electron chi connectivity index (χ2n) is 17.6. The summed E-state index contributed by atoms with van der Waals surface area (Å²) in [6.45, 7) is 9.76. The summed E-state index contributed by atoms with van der Waals surface area (Å²) < 4.78 is 38.3. The van der Waals surface area contributed by atoms with Crippen LogP contribution >= 0.6 is 0 Å². The van der Waals surface area contributed by atoms with E-state index in [-0.39, 0.29) is 36.8 Å². The van der Waals surface area contributed by atoms with E-state index in [9.17, 15) is 15.0 Å². The van der Waals surface area contributed by atoms with E-state index in [1.54, 1.807) is 24.3 Å². The molecule has 352 valence electrons. The molecule has 2 fully saturated rings. The van der Waals surface area contributed by atoms with Crippen molar-refractivity contribution < 1.29 is 43.4 Å². The Morgan fingerprint density at radius 1 is 0.522 bits per heavy atom. The molecule has 9 nitrogen and oxygen atoms in total. The molecule has 0 bridgehead atoms. The molecule has 2 saturated heterocycles. The van der Waals surface area contributed by atoms with E-state index in [2.05, 4.69) is 26.0 Å².